The molecule has 0 saturated carbocycles. The molecule has 0 radical (unpaired) electrons. The van der Waals surface area contributed by atoms with Crippen molar-refractivity contribution in [2.24, 2.45) is 5.10 Å². The van der Waals surface area contributed by atoms with Crippen molar-refractivity contribution in [2.45, 2.75) is 19.4 Å². The summed E-state index contributed by atoms with van der Waals surface area (Å²) in [6, 6.07) is 11.8. The van der Waals surface area contributed by atoms with Crippen molar-refractivity contribution in [1.82, 2.24) is 20.1 Å². The van der Waals surface area contributed by atoms with Gasteiger partial charge in [-0.15, -0.1) is 0 Å². The van der Waals surface area contributed by atoms with Crippen LogP contribution in [-0.4, -0.2) is 100 Å². The number of hydrogen-bond acceptors (Lipinski definition) is 7. The molecule has 1 atom stereocenters. The van der Waals surface area contributed by atoms with Gasteiger partial charge in [0.25, 0.3) is 0 Å². The smallest absolute Gasteiger partial charge is 0.337 e. The molecule has 1 fully saturated rings. The van der Waals surface area contributed by atoms with Gasteiger partial charge in [-0.25, -0.2) is 9.80 Å². The number of carbonyl (C=O) groups is 1. The van der Waals surface area contributed by atoms with E-state index in [0.29, 0.717) is 17.9 Å². The van der Waals surface area contributed by atoms with Crippen LogP contribution in [0.25, 0.3) is 0 Å². The SMILES string of the molecule is CNC(=O)N1N=C(c2ccc(NCCN3CCN(C)CC3)cc2)c2cc(OC)c(OC)cc2CC1C. The van der Waals surface area contributed by atoms with Gasteiger partial charge in [-0.1, -0.05) is 12.1 Å². The number of hydrogen-bond donors (Lipinski definition) is 2. The number of hydrazone groups is 1. The molecular formula is C27H38N6O3. The van der Waals surface area contributed by atoms with Gasteiger partial charge < -0.3 is 25.0 Å². The summed E-state index contributed by atoms with van der Waals surface area (Å²) in [5.74, 6) is 1.29. The Morgan fingerprint density at radius 2 is 1.72 bits per heavy atom. The van der Waals surface area contributed by atoms with Crippen LogP contribution in [0.15, 0.2) is 41.5 Å². The molecule has 1 saturated heterocycles. The molecule has 4 rings (SSSR count). The van der Waals surface area contributed by atoms with Gasteiger partial charge in [-0.05, 0) is 50.2 Å². The van der Waals surface area contributed by atoms with E-state index in [2.05, 4.69) is 51.7 Å². The minimum Gasteiger partial charge on any atom is -0.493 e. The van der Waals surface area contributed by atoms with E-state index in [4.69, 9.17) is 14.6 Å². The Labute approximate surface area is 214 Å². The Morgan fingerprint density at radius 3 is 2.36 bits per heavy atom. The number of benzene rings is 2. The van der Waals surface area contributed by atoms with E-state index in [1.807, 2.05) is 19.1 Å². The van der Waals surface area contributed by atoms with Crippen LogP contribution in [0.2, 0.25) is 0 Å². The van der Waals surface area contributed by atoms with Gasteiger partial charge in [0.05, 0.1) is 26.0 Å². The molecule has 36 heavy (non-hydrogen) atoms. The second-order valence-electron chi connectivity index (χ2n) is 9.41. The number of likely N-dealkylation sites (N-methyl/N-ethyl adjacent to an activating group) is 1. The van der Waals surface area contributed by atoms with E-state index in [1.54, 1.807) is 21.3 Å². The van der Waals surface area contributed by atoms with E-state index in [9.17, 15) is 4.79 Å². The van der Waals surface area contributed by atoms with Gasteiger partial charge in [0.15, 0.2) is 11.5 Å². The van der Waals surface area contributed by atoms with Gasteiger partial charge in [-0.3, -0.25) is 4.90 Å². The summed E-state index contributed by atoms with van der Waals surface area (Å²) in [4.78, 5) is 17.5. The first-order chi connectivity index (χ1) is 17.4. The summed E-state index contributed by atoms with van der Waals surface area (Å²) in [6.45, 7) is 8.40. The number of rotatable bonds is 7. The molecule has 2 aliphatic heterocycles. The molecule has 2 N–H and O–H groups in total. The van der Waals surface area contributed by atoms with Crippen molar-refractivity contribution < 1.29 is 14.3 Å². The van der Waals surface area contributed by atoms with Crippen LogP contribution in [0.4, 0.5) is 10.5 Å². The van der Waals surface area contributed by atoms with Crippen LogP contribution in [0.3, 0.4) is 0 Å². The van der Waals surface area contributed by atoms with Crippen LogP contribution < -0.4 is 20.1 Å². The molecule has 194 valence electrons. The predicted octanol–water partition coefficient (Wildman–Crippen LogP) is 2.70. The number of nitrogens with one attached hydrogen (secondary N) is 2. The number of methoxy groups -OCH3 is 2. The topological polar surface area (TPSA) is 81.7 Å². The van der Waals surface area contributed by atoms with Gasteiger partial charge in [-0.2, -0.15) is 5.10 Å². The van der Waals surface area contributed by atoms with Crippen LogP contribution in [-0.2, 0) is 6.42 Å². The van der Waals surface area contributed by atoms with Gasteiger partial charge in [0.1, 0.15) is 0 Å². The molecule has 1 unspecified atom stereocenters. The summed E-state index contributed by atoms with van der Waals surface area (Å²) in [7, 11) is 7.05. The zero-order valence-corrected chi connectivity index (χ0v) is 22.0. The summed E-state index contributed by atoms with van der Waals surface area (Å²) in [6.07, 6.45) is 0.641. The zero-order chi connectivity index (χ0) is 25.7. The molecule has 0 spiro atoms. The number of ether oxygens (including phenoxy) is 2. The standard InChI is InChI=1S/C27H38N6O3/c1-19-16-21-17-24(35-4)25(36-5)18-23(21)26(30-33(19)27(34)28-2)20-6-8-22(9-7-20)29-10-11-32-14-12-31(3)13-15-32/h6-9,17-19,29H,10-16H2,1-5H3,(H,28,34). The molecule has 2 heterocycles. The molecule has 2 aliphatic rings. The number of nitrogens with zero attached hydrogens (tertiary/aromatic N) is 4. The van der Waals surface area contributed by atoms with E-state index in [1.165, 1.54) is 5.01 Å². The normalized spacial score (nSPS) is 18.6. The lowest BCUT2D eigenvalue weighted by Crippen LogP contribution is -2.45. The number of urea groups is 1. The predicted molar refractivity (Wildman–Crippen MR) is 144 cm³/mol. The summed E-state index contributed by atoms with van der Waals surface area (Å²) in [5, 5.41) is 12.6. The van der Waals surface area contributed by atoms with E-state index in [0.717, 1.165) is 67.4 Å². The average molecular weight is 495 g/mol. The monoisotopic (exact) mass is 494 g/mol. The summed E-state index contributed by atoms with van der Waals surface area (Å²) >= 11 is 0. The van der Waals surface area contributed by atoms with Crippen LogP contribution >= 0.6 is 0 Å². The molecule has 0 aliphatic carbocycles. The van der Waals surface area contributed by atoms with E-state index in [-0.39, 0.29) is 12.1 Å². The summed E-state index contributed by atoms with van der Waals surface area (Å²) in [5.41, 5.74) is 4.70. The van der Waals surface area contributed by atoms with Crippen molar-refractivity contribution in [3.63, 3.8) is 0 Å². The van der Waals surface area contributed by atoms with Crippen molar-refractivity contribution in [1.29, 1.82) is 0 Å². The molecule has 0 aromatic heterocycles. The van der Waals surface area contributed by atoms with Crippen LogP contribution in [0.5, 0.6) is 11.5 Å². The lowest BCUT2D eigenvalue weighted by molar-refractivity contribution is 0.158. The lowest BCUT2D eigenvalue weighted by Gasteiger charge is -2.32. The highest BCUT2D eigenvalue weighted by atomic mass is 16.5. The van der Waals surface area contributed by atoms with Crippen molar-refractivity contribution in [3.05, 3.63) is 53.1 Å². The summed E-state index contributed by atoms with van der Waals surface area (Å²) < 4.78 is 11.1. The fourth-order valence-electron chi connectivity index (χ4n) is 4.72. The second-order valence-corrected chi connectivity index (χ2v) is 9.41. The Bertz CT molecular complexity index is 1080. The Morgan fingerprint density at radius 1 is 1.06 bits per heavy atom. The second kappa shape index (κ2) is 11.6. The highest BCUT2D eigenvalue weighted by molar-refractivity contribution is 6.14. The zero-order valence-electron chi connectivity index (χ0n) is 22.0. The largest absolute Gasteiger partial charge is 0.493 e. The lowest BCUT2D eigenvalue weighted by atomic mass is 9.94. The molecule has 0 bridgehead atoms. The maximum atomic E-state index is 12.7. The van der Waals surface area contributed by atoms with Gasteiger partial charge in [0, 0.05) is 63.1 Å². The first-order valence-corrected chi connectivity index (χ1v) is 12.5. The van der Waals surface area contributed by atoms with Crippen molar-refractivity contribution in [3.8, 4) is 11.5 Å². The minimum atomic E-state index is -0.242. The molecule has 2 aromatic rings. The highest BCUT2D eigenvalue weighted by Gasteiger charge is 2.28. The number of fused-ring (bicyclic) bond motifs is 1. The first kappa shape index (κ1) is 25.8. The Hall–Kier alpha value is -3.30. The molecular weight excluding hydrogens is 456 g/mol. The van der Waals surface area contributed by atoms with E-state index >= 15 is 0 Å². The Kier molecular flexibility index (Phi) is 8.32. The van der Waals surface area contributed by atoms with Crippen LogP contribution in [0, 0.1) is 0 Å². The third-order valence-corrected chi connectivity index (χ3v) is 6.94. The number of carbonyl (C=O) groups excluding carboxylic acids is 1. The third-order valence-electron chi connectivity index (χ3n) is 6.94. The van der Waals surface area contributed by atoms with Gasteiger partial charge >= 0.3 is 6.03 Å². The van der Waals surface area contributed by atoms with Crippen molar-refractivity contribution >= 4 is 17.4 Å². The first-order valence-electron chi connectivity index (χ1n) is 12.5. The quantitative estimate of drug-likeness (QED) is 0.616. The van der Waals surface area contributed by atoms with Crippen LogP contribution in [0.1, 0.15) is 23.6 Å². The van der Waals surface area contributed by atoms with Gasteiger partial charge in [0.2, 0.25) is 0 Å². The number of amides is 2. The third kappa shape index (κ3) is 5.74. The fraction of sp³-hybridized carbons (Fsp3) is 0.481. The number of anilines is 1. The maximum Gasteiger partial charge on any atom is 0.337 e. The maximum absolute atomic E-state index is 12.7. The van der Waals surface area contributed by atoms with Crippen molar-refractivity contribution in [2.75, 3.05) is 72.9 Å². The molecule has 9 heteroatoms. The minimum absolute atomic E-state index is 0.130. The number of piperazine rings is 1. The average Bonchev–Trinajstić information content (AvgIpc) is 3.04. The molecule has 2 aromatic carbocycles. The highest BCUT2D eigenvalue weighted by Crippen LogP contribution is 2.34. The fourth-order valence-corrected chi connectivity index (χ4v) is 4.72. The molecule has 9 nitrogen and oxygen atoms in total. The Balaban J connectivity index is 1.58. The van der Waals surface area contributed by atoms with E-state index < -0.39 is 0 Å². The molecule has 2 amide bonds.